The number of piperazine rings is 1. The van der Waals surface area contributed by atoms with Gasteiger partial charge in [-0.15, -0.1) is 11.3 Å². The molecule has 3 aromatic rings. The fourth-order valence-electron chi connectivity index (χ4n) is 3.77. The highest BCUT2D eigenvalue weighted by Gasteiger charge is 2.22. The molecule has 29 heavy (non-hydrogen) atoms. The first-order chi connectivity index (χ1) is 14.2. The van der Waals surface area contributed by atoms with E-state index in [0.29, 0.717) is 13.0 Å². The smallest absolute Gasteiger partial charge is 0.264 e. The zero-order valence-electron chi connectivity index (χ0n) is 16.3. The van der Waals surface area contributed by atoms with Gasteiger partial charge in [0.2, 0.25) is 5.91 Å². The summed E-state index contributed by atoms with van der Waals surface area (Å²) in [6.45, 7) is 4.60. The van der Waals surface area contributed by atoms with Crippen molar-refractivity contribution in [3.63, 3.8) is 0 Å². The molecule has 1 aliphatic heterocycles. The quantitative estimate of drug-likeness (QED) is 0.683. The largest absolute Gasteiger partial charge is 0.355 e. The van der Waals surface area contributed by atoms with Gasteiger partial charge in [0.1, 0.15) is 0 Å². The number of hydrogen-bond acceptors (Lipinski definition) is 4. The Balaban J connectivity index is 1.21. The number of nitrogens with one attached hydrogen (secondary N) is 1. The van der Waals surface area contributed by atoms with Crippen molar-refractivity contribution < 1.29 is 9.59 Å². The van der Waals surface area contributed by atoms with Crippen LogP contribution in [-0.4, -0.2) is 60.9 Å². The number of nitrogens with zero attached hydrogens (tertiary/aromatic N) is 2. The minimum atomic E-state index is 0.0489. The van der Waals surface area contributed by atoms with E-state index in [2.05, 4.69) is 28.4 Å². The van der Waals surface area contributed by atoms with Crippen LogP contribution in [0.4, 0.5) is 0 Å². The first-order valence-corrected chi connectivity index (χ1v) is 10.9. The van der Waals surface area contributed by atoms with E-state index in [1.54, 1.807) is 0 Å². The molecule has 2 heterocycles. The van der Waals surface area contributed by atoms with Gasteiger partial charge in [0, 0.05) is 39.3 Å². The second-order valence-electron chi connectivity index (χ2n) is 7.28. The molecule has 0 aliphatic carbocycles. The maximum Gasteiger partial charge on any atom is 0.264 e. The molecule has 2 aromatic carbocycles. The molecule has 6 heteroatoms. The minimum absolute atomic E-state index is 0.0489. The standard InChI is InChI=1S/C23H25N3O2S/c27-22(17-19-7-3-6-18-5-1-2-8-20(18)19)24-10-11-25-12-14-26(15-13-25)23(28)21-9-4-16-29-21/h1-9,16H,10-15,17H2,(H,24,27). The third kappa shape index (κ3) is 4.83. The van der Waals surface area contributed by atoms with Crippen molar-refractivity contribution in [3.05, 3.63) is 70.4 Å². The number of rotatable bonds is 6. The van der Waals surface area contributed by atoms with Crippen LogP contribution in [0.15, 0.2) is 60.0 Å². The molecule has 1 saturated heterocycles. The molecule has 0 unspecified atom stereocenters. The van der Waals surface area contributed by atoms with Gasteiger partial charge < -0.3 is 10.2 Å². The SMILES string of the molecule is O=C(Cc1cccc2ccccc12)NCCN1CCN(C(=O)c2cccs2)CC1. The molecule has 2 amide bonds. The van der Waals surface area contributed by atoms with E-state index in [9.17, 15) is 9.59 Å². The number of thiophene rings is 1. The van der Waals surface area contributed by atoms with E-state index >= 15 is 0 Å². The van der Waals surface area contributed by atoms with Crippen LogP contribution in [0.5, 0.6) is 0 Å². The average molecular weight is 408 g/mol. The zero-order valence-corrected chi connectivity index (χ0v) is 17.2. The van der Waals surface area contributed by atoms with Crippen molar-refractivity contribution in [2.24, 2.45) is 0 Å². The number of benzene rings is 2. The Hall–Kier alpha value is -2.70. The van der Waals surface area contributed by atoms with E-state index in [0.717, 1.165) is 53.9 Å². The highest BCUT2D eigenvalue weighted by Crippen LogP contribution is 2.19. The van der Waals surface area contributed by atoms with Crippen molar-refractivity contribution in [3.8, 4) is 0 Å². The van der Waals surface area contributed by atoms with Crippen molar-refractivity contribution in [2.45, 2.75) is 6.42 Å². The second-order valence-corrected chi connectivity index (χ2v) is 8.22. The summed E-state index contributed by atoms with van der Waals surface area (Å²) in [6.07, 6.45) is 0.393. The van der Waals surface area contributed by atoms with E-state index in [-0.39, 0.29) is 11.8 Å². The molecule has 4 rings (SSSR count). The molecular formula is C23H25N3O2S. The molecule has 0 bridgehead atoms. The molecule has 1 aliphatic rings. The van der Waals surface area contributed by atoms with Crippen LogP contribution in [-0.2, 0) is 11.2 Å². The molecule has 0 radical (unpaired) electrons. The minimum Gasteiger partial charge on any atom is -0.355 e. The Morgan fingerprint density at radius 1 is 0.931 bits per heavy atom. The van der Waals surface area contributed by atoms with Crippen LogP contribution in [0.2, 0.25) is 0 Å². The first-order valence-electron chi connectivity index (χ1n) is 9.99. The summed E-state index contributed by atoms with van der Waals surface area (Å²) in [5.74, 6) is 0.177. The van der Waals surface area contributed by atoms with Crippen LogP contribution in [0.25, 0.3) is 10.8 Å². The second kappa shape index (κ2) is 9.20. The summed E-state index contributed by atoms with van der Waals surface area (Å²) >= 11 is 1.49. The number of amides is 2. The summed E-state index contributed by atoms with van der Waals surface area (Å²) in [5, 5.41) is 7.27. The average Bonchev–Trinajstić information content (AvgIpc) is 3.29. The topological polar surface area (TPSA) is 52.7 Å². The Labute approximate surface area is 174 Å². The zero-order chi connectivity index (χ0) is 20.1. The third-order valence-electron chi connectivity index (χ3n) is 5.37. The fourth-order valence-corrected chi connectivity index (χ4v) is 4.46. The molecule has 1 N–H and O–H groups in total. The highest BCUT2D eigenvalue weighted by molar-refractivity contribution is 7.12. The van der Waals surface area contributed by atoms with Crippen LogP contribution in [0, 0.1) is 0 Å². The molecule has 0 spiro atoms. The Morgan fingerprint density at radius 2 is 1.72 bits per heavy atom. The summed E-state index contributed by atoms with van der Waals surface area (Å²) in [7, 11) is 0. The number of carbonyl (C=O) groups excluding carboxylic acids is 2. The van der Waals surface area contributed by atoms with Gasteiger partial charge in [0.05, 0.1) is 11.3 Å². The molecule has 1 aromatic heterocycles. The lowest BCUT2D eigenvalue weighted by atomic mass is 10.0. The van der Waals surface area contributed by atoms with Crippen LogP contribution in [0.1, 0.15) is 15.2 Å². The number of fused-ring (bicyclic) bond motifs is 1. The fraction of sp³-hybridized carbons (Fsp3) is 0.304. The van der Waals surface area contributed by atoms with Crippen LogP contribution < -0.4 is 5.32 Å². The Morgan fingerprint density at radius 3 is 2.52 bits per heavy atom. The van der Waals surface area contributed by atoms with Crippen molar-refractivity contribution in [1.29, 1.82) is 0 Å². The van der Waals surface area contributed by atoms with Gasteiger partial charge in [-0.25, -0.2) is 0 Å². The summed E-state index contributed by atoms with van der Waals surface area (Å²) < 4.78 is 0. The maximum absolute atomic E-state index is 12.4. The summed E-state index contributed by atoms with van der Waals surface area (Å²) in [6, 6.07) is 18.0. The van der Waals surface area contributed by atoms with Crippen LogP contribution >= 0.6 is 11.3 Å². The van der Waals surface area contributed by atoms with Crippen molar-refractivity contribution in [1.82, 2.24) is 15.1 Å². The van der Waals surface area contributed by atoms with Gasteiger partial charge in [0.25, 0.3) is 5.91 Å². The van der Waals surface area contributed by atoms with E-state index < -0.39 is 0 Å². The van der Waals surface area contributed by atoms with Crippen molar-refractivity contribution >= 4 is 33.9 Å². The molecule has 5 nitrogen and oxygen atoms in total. The Kier molecular flexibility index (Phi) is 6.22. The monoisotopic (exact) mass is 407 g/mol. The maximum atomic E-state index is 12.4. The highest BCUT2D eigenvalue weighted by atomic mass is 32.1. The van der Waals surface area contributed by atoms with Gasteiger partial charge >= 0.3 is 0 Å². The van der Waals surface area contributed by atoms with Gasteiger partial charge in [-0.05, 0) is 27.8 Å². The van der Waals surface area contributed by atoms with Gasteiger partial charge in [-0.2, -0.15) is 0 Å². The number of carbonyl (C=O) groups is 2. The summed E-state index contributed by atoms with van der Waals surface area (Å²) in [4.78, 5) is 29.8. The molecular weight excluding hydrogens is 382 g/mol. The lowest BCUT2D eigenvalue weighted by Crippen LogP contribution is -2.50. The van der Waals surface area contributed by atoms with Gasteiger partial charge in [-0.3, -0.25) is 14.5 Å². The number of hydrogen-bond donors (Lipinski definition) is 1. The predicted molar refractivity (Wildman–Crippen MR) is 117 cm³/mol. The van der Waals surface area contributed by atoms with Gasteiger partial charge in [-0.1, -0.05) is 48.5 Å². The van der Waals surface area contributed by atoms with Crippen molar-refractivity contribution in [2.75, 3.05) is 39.3 Å². The molecule has 0 saturated carbocycles. The molecule has 150 valence electrons. The normalized spacial score (nSPS) is 14.8. The van der Waals surface area contributed by atoms with E-state index in [1.165, 1.54) is 11.3 Å². The predicted octanol–water partition coefficient (Wildman–Crippen LogP) is 3.02. The molecule has 0 atom stereocenters. The van der Waals surface area contributed by atoms with E-state index in [4.69, 9.17) is 0 Å². The third-order valence-corrected chi connectivity index (χ3v) is 6.23. The lowest BCUT2D eigenvalue weighted by molar-refractivity contribution is -0.120. The summed E-state index contributed by atoms with van der Waals surface area (Å²) in [5.41, 5.74) is 1.06. The molecule has 1 fully saturated rings. The van der Waals surface area contributed by atoms with E-state index in [1.807, 2.05) is 46.7 Å². The lowest BCUT2D eigenvalue weighted by Gasteiger charge is -2.34. The Bertz CT molecular complexity index is 973. The first kappa shape index (κ1) is 19.6. The van der Waals surface area contributed by atoms with Gasteiger partial charge in [0.15, 0.2) is 0 Å². The van der Waals surface area contributed by atoms with Crippen LogP contribution in [0.3, 0.4) is 0 Å².